The van der Waals surface area contributed by atoms with Crippen LogP contribution in [0.15, 0.2) is 36.4 Å². The summed E-state index contributed by atoms with van der Waals surface area (Å²) in [5, 5.41) is 14.5. The van der Waals surface area contributed by atoms with E-state index in [1.54, 1.807) is 0 Å². The first-order valence-corrected chi connectivity index (χ1v) is 7.75. The van der Waals surface area contributed by atoms with E-state index in [0.717, 1.165) is 44.6 Å². The number of hydrogen-bond donors (Lipinski definition) is 2. The van der Waals surface area contributed by atoms with Crippen molar-refractivity contribution in [3.8, 4) is 5.75 Å². The van der Waals surface area contributed by atoms with Crippen LogP contribution in [0.5, 0.6) is 5.75 Å². The van der Waals surface area contributed by atoms with Gasteiger partial charge in [0.2, 0.25) is 0 Å². The van der Waals surface area contributed by atoms with Crippen molar-refractivity contribution in [1.29, 1.82) is 0 Å². The molecule has 0 saturated heterocycles. The van der Waals surface area contributed by atoms with Crippen molar-refractivity contribution in [3.05, 3.63) is 42.0 Å². The highest BCUT2D eigenvalue weighted by Gasteiger charge is 2.07. The average Bonchev–Trinajstić information content (AvgIpc) is 2.52. The Morgan fingerprint density at radius 2 is 1.81 bits per heavy atom. The van der Waals surface area contributed by atoms with Crippen LogP contribution in [0, 0.1) is 0 Å². The second-order valence-corrected chi connectivity index (χ2v) is 5.28. The molecular formula is C18H25NO2. The fraction of sp³-hybridized carbons (Fsp3) is 0.444. The number of hydrogen-bond acceptors (Lipinski definition) is 3. The van der Waals surface area contributed by atoms with Gasteiger partial charge in [-0.25, -0.2) is 0 Å². The molecule has 0 unspecified atom stereocenters. The first-order valence-electron chi connectivity index (χ1n) is 7.75. The highest BCUT2D eigenvalue weighted by atomic mass is 16.5. The Hall–Kier alpha value is -1.58. The highest BCUT2D eigenvalue weighted by molar-refractivity contribution is 5.87. The van der Waals surface area contributed by atoms with Gasteiger partial charge in [0.15, 0.2) is 0 Å². The van der Waals surface area contributed by atoms with E-state index in [1.807, 2.05) is 7.05 Å². The molecular weight excluding hydrogens is 262 g/mol. The standard InChI is InChI=1S/C18H25NO2/c1-19-14-17-16-9-5-4-8-15(16)10-11-18(17)21-13-7-3-2-6-12-20/h4-5,8-11,19-20H,2-3,6-7,12-14H2,1H3. The van der Waals surface area contributed by atoms with Crippen LogP contribution in [0.1, 0.15) is 31.2 Å². The average molecular weight is 287 g/mol. The van der Waals surface area contributed by atoms with Crippen LogP contribution < -0.4 is 10.1 Å². The lowest BCUT2D eigenvalue weighted by Crippen LogP contribution is -2.09. The molecule has 0 radical (unpaired) electrons. The molecule has 2 aromatic rings. The molecule has 21 heavy (non-hydrogen) atoms. The van der Waals surface area contributed by atoms with Crippen LogP contribution in [-0.4, -0.2) is 25.4 Å². The van der Waals surface area contributed by atoms with Gasteiger partial charge in [-0.05, 0) is 43.1 Å². The Balaban J connectivity index is 2.03. The number of rotatable bonds is 9. The molecule has 0 fully saturated rings. The molecule has 0 saturated carbocycles. The fourth-order valence-electron chi connectivity index (χ4n) is 2.56. The van der Waals surface area contributed by atoms with Gasteiger partial charge >= 0.3 is 0 Å². The van der Waals surface area contributed by atoms with Crippen LogP contribution in [-0.2, 0) is 6.54 Å². The summed E-state index contributed by atoms with van der Waals surface area (Å²) in [4.78, 5) is 0. The zero-order valence-electron chi connectivity index (χ0n) is 12.8. The lowest BCUT2D eigenvalue weighted by molar-refractivity contribution is 0.273. The van der Waals surface area contributed by atoms with Crippen LogP contribution in [0.25, 0.3) is 10.8 Å². The van der Waals surface area contributed by atoms with Gasteiger partial charge in [-0.2, -0.15) is 0 Å². The Kier molecular flexibility index (Phi) is 6.51. The summed E-state index contributed by atoms with van der Waals surface area (Å²) in [5.74, 6) is 0.977. The molecule has 3 nitrogen and oxygen atoms in total. The summed E-state index contributed by atoms with van der Waals surface area (Å²) in [7, 11) is 1.96. The number of aliphatic hydroxyl groups excluding tert-OH is 1. The molecule has 2 aromatic carbocycles. The minimum atomic E-state index is 0.290. The number of unbranched alkanes of at least 4 members (excludes halogenated alkanes) is 3. The van der Waals surface area contributed by atoms with Crippen LogP contribution in [0.2, 0.25) is 0 Å². The van der Waals surface area contributed by atoms with Crippen LogP contribution >= 0.6 is 0 Å². The SMILES string of the molecule is CNCc1c(OCCCCCCO)ccc2ccccc12. The predicted molar refractivity (Wildman–Crippen MR) is 87.8 cm³/mol. The zero-order chi connectivity index (χ0) is 14.9. The maximum Gasteiger partial charge on any atom is 0.124 e. The maximum atomic E-state index is 8.76. The van der Waals surface area contributed by atoms with E-state index in [9.17, 15) is 0 Å². The minimum Gasteiger partial charge on any atom is -0.493 e. The molecule has 0 heterocycles. The molecule has 0 atom stereocenters. The second-order valence-electron chi connectivity index (χ2n) is 5.28. The van der Waals surface area contributed by atoms with Gasteiger partial charge in [-0.15, -0.1) is 0 Å². The Bertz CT molecular complexity index is 554. The van der Waals surface area contributed by atoms with Gasteiger partial charge in [-0.1, -0.05) is 36.8 Å². The lowest BCUT2D eigenvalue weighted by Gasteiger charge is -2.14. The van der Waals surface area contributed by atoms with Crippen molar-refractivity contribution >= 4 is 10.8 Å². The summed E-state index contributed by atoms with van der Waals surface area (Å²) < 4.78 is 5.98. The van der Waals surface area contributed by atoms with E-state index < -0.39 is 0 Å². The Labute approximate surface area is 126 Å². The zero-order valence-corrected chi connectivity index (χ0v) is 12.8. The molecule has 0 bridgehead atoms. The topological polar surface area (TPSA) is 41.5 Å². The summed E-state index contributed by atoms with van der Waals surface area (Å²) in [6.45, 7) is 1.83. The van der Waals surface area contributed by atoms with Gasteiger partial charge in [0, 0.05) is 18.7 Å². The monoisotopic (exact) mass is 287 g/mol. The van der Waals surface area contributed by atoms with E-state index in [2.05, 4.69) is 41.7 Å². The van der Waals surface area contributed by atoms with Crippen molar-refractivity contribution in [1.82, 2.24) is 5.32 Å². The van der Waals surface area contributed by atoms with Gasteiger partial charge < -0.3 is 15.2 Å². The predicted octanol–water partition coefficient (Wildman–Crippen LogP) is 3.49. The molecule has 0 aromatic heterocycles. The number of ether oxygens (including phenoxy) is 1. The van der Waals surface area contributed by atoms with E-state index in [-0.39, 0.29) is 6.61 Å². The van der Waals surface area contributed by atoms with Gasteiger partial charge in [-0.3, -0.25) is 0 Å². The maximum absolute atomic E-state index is 8.76. The lowest BCUT2D eigenvalue weighted by atomic mass is 10.0. The first kappa shape index (κ1) is 15.8. The Morgan fingerprint density at radius 1 is 1.00 bits per heavy atom. The third-order valence-corrected chi connectivity index (χ3v) is 3.66. The largest absolute Gasteiger partial charge is 0.493 e. The second kappa shape index (κ2) is 8.65. The molecule has 0 amide bonds. The highest BCUT2D eigenvalue weighted by Crippen LogP contribution is 2.28. The smallest absolute Gasteiger partial charge is 0.124 e. The van der Waals surface area contributed by atoms with Crippen molar-refractivity contribution in [2.75, 3.05) is 20.3 Å². The van der Waals surface area contributed by atoms with Crippen molar-refractivity contribution < 1.29 is 9.84 Å². The third kappa shape index (κ3) is 4.45. The van der Waals surface area contributed by atoms with Crippen molar-refractivity contribution in [2.24, 2.45) is 0 Å². The summed E-state index contributed by atoms with van der Waals surface area (Å²) in [6.07, 6.45) is 4.10. The van der Waals surface area contributed by atoms with E-state index in [1.165, 1.54) is 16.3 Å². The third-order valence-electron chi connectivity index (χ3n) is 3.66. The first-order chi connectivity index (χ1) is 10.4. The molecule has 114 valence electrons. The number of benzene rings is 2. The summed E-state index contributed by atoms with van der Waals surface area (Å²) in [6, 6.07) is 12.6. The molecule has 0 aliphatic heterocycles. The van der Waals surface area contributed by atoms with Gasteiger partial charge in [0.25, 0.3) is 0 Å². The molecule has 3 heteroatoms. The van der Waals surface area contributed by atoms with E-state index in [0.29, 0.717) is 0 Å². The molecule has 0 spiro atoms. The minimum absolute atomic E-state index is 0.290. The normalized spacial score (nSPS) is 11.0. The van der Waals surface area contributed by atoms with E-state index >= 15 is 0 Å². The molecule has 0 aliphatic rings. The fourth-order valence-corrected chi connectivity index (χ4v) is 2.56. The Morgan fingerprint density at radius 3 is 2.62 bits per heavy atom. The van der Waals surface area contributed by atoms with Crippen molar-refractivity contribution in [2.45, 2.75) is 32.2 Å². The molecule has 2 N–H and O–H groups in total. The molecule has 2 rings (SSSR count). The van der Waals surface area contributed by atoms with Gasteiger partial charge in [0.05, 0.1) is 6.61 Å². The van der Waals surface area contributed by atoms with Gasteiger partial charge in [0.1, 0.15) is 5.75 Å². The number of fused-ring (bicyclic) bond motifs is 1. The van der Waals surface area contributed by atoms with Crippen LogP contribution in [0.3, 0.4) is 0 Å². The van der Waals surface area contributed by atoms with E-state index in [4.69, 9.17) is 9.84 Å². The van der Waals surface area contributed by atoms with Crippen molar-refractivity contribution in [3.63, 3.8) is 0 Å². The molecule has 0 aliphatic carbocycles. The summed E-state index contributed by atoms with van der Waals surface area (Å²) in [5.41, 5.74) is 1.23. The summed E-state index contributed by atoms with van der Waals surface area (Å²) >= 11 is 0. The number of nitrogens with one attached hydrogen (secondary N) is 1. The quantitative estimate of drug-likeness (QED) is 0.694. The number of aliphatic hydroxyl groups is 1. The van der Waals surface area contributed by atoms with Crippen LogP contribution in [0.4, 0.5) is 0 Å².